The molecule has 92 valence electrons. The van der Waals surface area contributed by atoms with Crippen molar-refractivity contribution in [1.29, 1.82) is 0 Å². The Morgan fingerprint density at radius 3 is 2.56 bits per heavy atom. The Labute approximate surface area is 112 Å². The van der Waals surface area contributed by atoms with Gasteiger partial charge < -0.3 is 10.1 Å². The summed E-state index contributed by atoms with van der Waals surface area (Å²) in [6.07, 6.45) is 1.25. The third-order valence-corrected chi connectivity index (χ3v) is 2.89. The molecule has 2 aromatic rings. The highest BCUT2D eigenvalue weighted by atomic mass is 35.5. The van der Waals surface area contributed by atoms with E-state index in [1.807, 2.05) is 0 Å². The predicted octanol–water partition coefficient (Wildman–Crippen LogP) is 2.62. The van der Waals surface area contributed by atoms with E-state index in [1.54, 1.807) is 0 Å². The highest BCUT2D eigenvalue weighted by Crippen LogP contribution is 2.24. The van der Waals surface area contributed by atoms with Crippen molar-refractivity contribution in [2.45, 2.75) is 0 Å². The van der Waals surface area contributed by atoms with Crippen molar-refractivity contribution < 1.29 is 9.90 Å². The number of benzene rings is 1. The predicted molar refractivity (Wildman–Crippen MR) is 68.6 cm³/mol. The van der Waals surface area contributed by atoms with E-state index in [0.29, 0.717) is 5.02 Å². The van der Waals surface area contributed by atoms with E-state index in [-0.39, 0.29) is 16.1 Å². The van der Waals surface area contributed by atoms with E-state index in [0.717, 1.165) is 0 Å². The second-order valence-electron chi connectivity index (χ2n) is 3.52. The molecule has 1 heterocycles. The number of carbonyl (C=O) groups is 1. The largest absolute Gasteiger partial charge is 0.507 e. The van der Waals surface area contributed by atoms with Crippen LogP contribution in [0.5, 0.6) is 5.75 Å². The first-order valence-electron chi connectivity index (χ1n) is 4.91. The maximum atomic E-state index is 12.1. The van der Waals surface area contributed by atoms with Gasteiger partial charge in [0.2, 0.25) is 5.78 Å². The lowest BCUT2D eigenvalue weighted by molar-refractivity contribution is 0.103. The van der Waals surface area contributed by atoms with Crippen molar-refractivity contribution in [2.24, 2.45) is 0 Å². The molecule has 0 bridgehead atoms. The summed E-state index contributed by atoms with van der Waals surface area (Å²) >= 11 is 11.6. The summed E-state index contributed by atoms with van der Waals surface area (Å²) in [5, 5.41) is 10.1. The van der Waals surface area contributed by atoms with Gasteiger partial charge in [-0.15, -0.1) is 0 Å². The number of aromatic hydroxyl groups is 1. The average Bonchev–Trinajstić information content (AvgIpc) is 2.28. The summed E-state index contributed by atoms with van der Waals surface area (Å²) in [5.74, 6) is -1.05. The van der Waals surface area contributed by atoms with Gasteiger partial charge in [-0.3, -0.25) is 9.59 Å². The minimum atomic E-state index is -0.675. The van der Waals surface area contributed by atoms with Gasteiger partial charge in [0.05, 0.1) is 5.02 Å². The molecule has 0 aliphatic heterocycles. The van der Waals surface area contributed by atoms with E-state index in [1.165, 1.54) is 30.5 Å². The molecule has 2 N–H and O–H groups in total. The molecule has 0 fully saturated rings. The quantitative estimate of drug-likeness (QED) is 0.833. The first-order chi connectivity index (χ1) is 8.50. The fraction of sp³-hybridized carbons (Fsp3) is 0. The van der Waals surface area contributed by atoms with Crippen LogP contribution in [0.25, 0.3) is 0 Å². The van der Waals surface area contributed by atoms with Gasteiger partial charge >= 0.3 is 0 Å². The number of hydrogen-bond acceptors (Lipinski definition) is 3. The number of pyridine rings is 1. The first kappa shape index (κ1) is 12.7. The lowest BCUT2D eigenvalue weighted by Gasteiger charge is -2.04. The average molecular weight is 284 g/mol. The van der Waals surface area contributed by atoms with Crippen molar-refractivity contribution in [3.8, 4) is 5.75 Å². The van der Waals surface area contributed by atoms with Crippen molar-refractivity contribution in [3.05, 3.63) is 62.0 Å². The molecule has 18 heavy (non-hydrogen) atoms. The van der Waals surface area contributed by atoms with Crippen LogP contribution in [-0.4, -0.2) is 15.9 Å². The third-order valence-electron chi connectivity index (χ3n) is 2.34. The molecule has 1 aromatic carbocycles. The number of H-pyrrole nitrogens is 1. The van der Waals surface area contributed by atoms with Gasteiger partial charge in [0.25, 0.3) is 5.56 Å². The topological polar surface area (TPSA) is 70.2 Å². The van der Waals surface area contributed by atoms with Crippen molar-refractivity contribution in [2.75, 3.05) is 0 Å². The zero-order valence-electron chi connectivity index (χ0n) is 8.91. The lowest BCUT2D eigenvalue weighted by Crippen LogP contribution is -2.18. The minimum absolute atomic E-state index is 0.105. The van der Waals surface area contributed by atoms with Crippen LogP contribution in [0.15, 0.2) is 35.3 Å². The lowest BCUT2D eigenvalue weighted by atomic mass is 10.0. The second kappa shape index (κ2) is 4.84. The van der Waals surface area contributed by atoms with E-state index >= 15 is 0 Å². The maximum absolute atomic E-state index is 12.1. The Morgan fingerprint density at radius 1 is 1.22 bits per heavy atom. The van der Waals surface area contributed by atoms with Gasteiger partial charge in [-0.05, 0) is 24.3 Å². The Balaban J connectivity index is 2.59. The van der Waals surface area contributed by atoms with Crippen molar-refractivity contribution in [1.82, 2.24) is 4.98 Å². The zero-order chi connectivity index (χ0) is 13.3. The van der Waals surface area contributed by atoms with E-state index in [2.05, 4.69) is 4.98 Å². The van der Waals surface area contributed by atoms with Crippen LogP contribution < -0.4 is 5.56 Å². The third kappa shape index (κ3) is 2.25. The van der Waals surface area contributed by atoms with E-state index < -0.39 is 17.1 Å². The molecule has 0 aliphatic carbocycles. The van der Waals surface area contributed by atoms with Crippen molar-refractivity contribution in [3.63, 3.8) is 0 Å². The van der Waals surface area contributed by atoms with Gasteiger partial charge in [0.15, 0.2) is 0 Å². The number of rotatable bonds is 2. The van der Waals surface area contributed by atoms with Gasteiger partial charge in [0, 0.05) is 16.8 Å². The maximum Gasteiger partial charge on any atom is 0.262 e. The molecular weight excluding hydrogens is 277 g/mol. The SMILES string of the molecule is O=C(c1ccc(Cl)cc1Cl)c1c(O)cc[nH]c1=O. The summed E-state index contributed by atoms with van der Waals surface area (Å²) in [7, 11) is 0. The summed E-state index contributed by atoms with van der Waals surface area (Å²) in [6.45, 7) is 0. The fourth-order valence-electron chi connectivity index (χ4n) is 1.50. The zero-order valence-corrected chi connectivity index (χ0v) is 10.4. The number of carbonyl (C=O) groups excluding carboxylic acids is 1. The summed E-state index contributed by atoms with van der Waals surface area (Å²) in [4.78, 5) is 26.0. The smallest absolute Gasteiger partial charge is 0.262 e. The van der Waals surface area contributed by atoms with Crippen molar-refractivity contribution >= 4 is 29.0 Å². The Kier molecular flexibility index (Phi) is 3.41. The molecule has 0 saturated heterocycles. The molecule has 0 unspecified atom stereocenters. The van der Waals surface area contributed by atoms with Crippen LogP contribution in [-0.2, 0) is 0 Å². The fourth-order valence-corrected chi connectivity index (χ4v) is 1.99. The number of nitrogens with one attached hydrogen (secondary N) is 1. The number of halogens is 2. The molecular formula is C12H7Cl2NO3. The van der Waals surface area contributed by atoms with Gasteiger partial charge in [-0.2, -0.15) is 0 Å². The monoisotopic (exact) mass is 283 g/mol. The van der Waals surface area contributed by atoms with Gasteiger partial charge in [-0.1, -0.05) is 23.2 Å². The molecule has 0 aliphatic rings. The van der Waals surface area contributed by atoms with Gasteiger partial charge in [-0.25, -0.2) is 0 Å². The molecule has 0 radical (unpaired) electrons. The summed E-state index contributed by atoms with van der Waals surface area (Å²) in [6, 6.07) is 5.50. The molecule has 0 atom stereocenters. The first-order valence-corrected chi connectivity index (χ1v) is 5.66. The van der Waals surface area contributed by atoms with E-state index in [4.69, 9.17) is 23.2 Å². The highest BCUT2D eigenvalue weighted by Gasteiger charge is 2.19. The van der Waals surface area contributed by atoms with Crippen LogP contribution in [0.2, 0.25) is 10.0 Å². The standard InChI is InChI=1S/C12H7Cl2NO3/c13-6-1-2-7(8(14)5-6)11(17)10-9(16)3-4-15-12(10)18/h1-5H,(H2,15,16,18). The molecule has 0 amide bonds. The van der Waals surface area contributed by atoms with E-state index in [9.17, 15) is 14.7 Å². The Morgan fingerprint density at radius 2 is 1.94 bits per heavy atom. The van der Waals surface area contributed by atoms with Crippen LogP contribution in [0.1, 0.15) is 15.9 Å². The number of ketones is 1. The summed E-state index contributed by atoms with van der Waals surface area (Å²) < 4.78 is 0. The minimum Gasteiger partial charge on any atom is -0.507 e. The number of hydrogen-bond donors (Lipinski definition) is 2. The number of aromatic nitrogens is 1. The molecule has 2 rings (SSSR count). The van der Waals surface area contributed by atoms with Crippen LogP contribution in [0, 0.1) is 0 Å². The van der Waals surface area contributed by atoms with Gasteiger partial charge in [0.1, 0.15) is 11.3 Å². The summed E-state index contributed by atoms with van der Waals surface area (Å²) in [5.41, 5.74) is -0.916. The Hall–Kier alpha value is -1.78. The second-order valence-corrected chi connectivity index (χ2v) is 4.36. The van der Waals surface area contributed by atoms with Crippen LogP contribution in [0.4, 0.5) is 0 Å². The molecule has 0 saturated carbocycles. The van der Waals surface area contributed by atoms with Crippen LogP contribution in [0.3, 0.4) is 0 Å². The van der Waals surface area contributed by atoms with Crippen LogP contribution >= 0.6 is 23.2 Å². The molecule has 4 nitrogen and oxygen atoms in total. The molecule has 6 heteroatoms. The molecule has 0 spiro atoms. The Bertz CT molecular complexity index is 679. The number of aromatic amines is 1. The highest BCUT2D eigenvalue weighted by molar-refractivity contribution is 6.37. The molecule has 1 aromatic heterocycles. The normalized spacial score (nSPS) is 10.3.